The lowest BCUT2D eigenvalue weighted by molar-refractivity contribution is -0.137. The normalized spacial score (nSPS) is 15.8. The Kier molecular flexibility index (Phi) is 5.19. The number of carboxylic acid groups (broad SMARTS) is 1. The Labute approximate surface area is 153 Å². The number of hydrogen-bond acceptors (Lipinski definition) is 5. The lowest BCUT2D eigenvalue weighted by atomic mass is 9.99. The van der Waals surface area contributed by atoms with Crippen molar-refractivity contribution in [1.82, 2.24) is 4.57 Å². The number of amides is 1. The Hall–Kier alpha value is -2.19. The van der Waals surface area contributed by atoms with Gasteiger partial charge in [-0.3, -0.25) is 14.2 Å². The first-order valence-electron chi connectivity index (χ1n) is 8.03. The van der Waals surface area contributed by atoms with Crippen LogP contribution in [0.25, 0.3) is 0 Å². The van der Waals surface area contributed by atoms with Gasteiger partial charge in [0.2, 0.25) is 11.8 Å². The van der Waals surface area contributed by atoms with Gasteiger partial charge in [0.1, 0.15) is 5.92 Å². The average Bonchev–Trinajstić information content (AvgIpc) is 3.03. The quantitative estimate of drug-likeness (QED) is 0.505. The van der Waals surface area contributed by atoms with Crippen molar-refractivity contribution in [2.45, 2.75) is 38.1 Å². The molecule has 25 heavy (non-hydrogen) atoms. The fourth-order valence-corrected chi connectivity index (χ4v) is 4.47. The minimum absolute atomic E-state index is 0.0325. The lowest BCUT2D eigenvalue weighted by Crippen LogP contribution is -2.12. The number of benzene rings is 1. The van der Waals surface area contributed by atoms with Crippen LogP contribution < -0.4 is 5.32 Å². The van der Waals surface area contributed by atoms with Gasteiger partial charge >= 0.3 is 5.97 Å². The number of anilines is 1. The number of nitrogens with zero attached hydrogens (tertiary/aromatic N) is 1. The summed E-state index contributed by atoms with van der Waals surface area (Å²) in [6, 6.07) is 7.42. The molecule has 1 aromatic carbocycles. The van der Waals surface area contributed by atoms with Crippen LogP contribution in [0.3, 0.4) is 0 Å². The van der Waals surface area contributed by atoms with Gasteiger partial charge < -0.3 is 15.5 Å². The zero-order valence-electron chi connectivity index (χ0n) is 13.4. The maximum Gasteiger partial charge on any atom is 0.303 e. The van der Waals surface area contributed by atoms with Gasteiger partial charge in [-0.1, -0.05) is 24.6 Å². The summed E-state index contributed by atoms with van der Waals surface area (Å²) in [4.78, 5) is 23.4. The van der Waals surface area contributed by atoms with Gasteiger partial charge in [0, 0.05) is 18.7 Å². The minimum atomic E-state index is -0.803. The first-order valence-corrected chi connectivity index (χ1v) is 9.25. The van der Waals surface area contributed by atoms with E-state index in [1.54, 1.807) is 4.57 Å². The maximum atomic E-state index is 12.4. The van der Waals surface area contributed by atoms with E-state index < -0.39 is 11.9 Å². The molecule has 8 heteroatoms. The van der Waals surface area contributed by atoms with Crippen molar-refractivity contribution >= 4 is 41.1 Å². The molecule has 3 N–H and O–H groups in total. The predicted molar refractivity (Wildman–Crippen MR) is 97.8 cm³/mol. The third-order valence-corrected chi connectivity index (χ3v) is 5.72. The summed E-state index contributed by atoms with van der Waals surface area (Å²) >= 11 is 6.60. The van der Waals surface area contributed by atoms with Gasteiger partial charge in [0.15, 0.2) is 3.95 Å². The molecular formula is C17H18N2O4S2. The summed E-state index contributed by atoms with van der Waals surface area (Å²) in [7, 11) is 0. The molecule has 0 bridgehead atoms. The number of carboxylic acids is 1. The Morgan fingerprint density at radius 3 is 2.80 bits per heavy atom. The molecular weight excluding hydrogens is 360 g/mol. The highest BCUT2D eigenvalue weighted by atomic mass is 32.1. The van der Waals surface area contributed by atoms with Crippen LogP contribution in [-0.4, -0.2) is 26.7 Å². The van der Waals surface area contributed by atoms with Crippen molar-refractivity contribution < 1.29 is 19.8 Å². The Morgan fingerprint density at radius 2 is 2.04 bits per heavy atom. The van der Waals surface area contributed by atoms with Crippen LogP contribution in [0.5, 0.6) is 5.88 Å². The van der Waals surface area contributed by atoms with Gasteiger partial charge in [-0.15, -0.1) is 11.3 Å². The highest BCUT2D eigenvalue weighted by Crippen LogP contribution is 2.43. The molecule has 0 saturated heterocycles. The number of thiazole rings is 1. The van der Waals surface area contributed by atoms with Crippen LogP contribution in [-0.2, 0) is 16.1 Å². The van der Waals surface area contributed by atoms with Crippen LogP contribution in [0.15, 0.2) is 24.3 Å². The largest absolute Gasteiger partial charge is 0.494 e. The number of nitrogens with one attached hydrogen (secondary N) is 1. The van der Waals surface area contributed by atoms with Crippen LogP contribution in [0.1, 0.15) is 42.0 Å². The molecule has 0 saturated carbocycles. The van der Waals surface area contributed by atoms with Gasteiger partial charge in [-0.25, -0.2) is 0 Å². The molecule has 132 valence electrons. The second kappa shape index (κ2) is 7.37. The molecule has 1 atom stereocenters. The smallest absolute Gasteiger partial charge is 0.303 e. The van der Waals surface area contributed by atoms with Crippen molar-refractivity contribution in [3.8, 4) is 5.88 Å². The van der Waals surface area contributed by atoms with E-state index in [0.29, 0.717) is 21.8 Å². The van der Waals surface area contributed by atoms with E-state index >= 15 is 0 Å². The first kappa shape index (κ1) is 17.6. The second-order valence-electron chi connectivity index (χ2n) is 5.92. The molecule has 1 amide bonds. The molecule has 1 unspecified atom stereocenters. The zero-order valence-corrected chi connectivity index (χ0v) is 15.0. The summed E-state index contributed by atoms with van der Waals surface area (Å²) in [6.07, 6.45) is 2.20. The third kappa shape index (κ3) is 3.59. The highest BCUT2D eigenvalue weighted by molar-refractivity contribution is 7.73. The molecule has 0 fully saturated rings. The second-order valence-corrected chi connectivity index (χ2v) is 7.60. The molecule has 3 rings (SSSR count). The Morgan fingerprint density at radius 1 is 1.28 bits per heavy atom. The Balaban J connectivity index is 1.77. The van der Waals surface area contributed by atoms with Crippen molar-refractivity contribution in [3.05, 3.63) is 38.7 Å². The van der Waals surface area contributed by atoms with Crippen LogP contribution in [0.4, 0.5) is 5.69 Å². The van der Waals surface area contributed by atoms with E-state index in [-0.39, 0.29) is 18.2 Å². The number of rotatable bonds is 7. The van der Waals surface area contributed by atoms with Crippen molar-refractivity contribution in [3.63, 3.8) is 0 Å². The fourth-order valence-electron chi connectivity index (χ4n) is 2.99. The number of para-hydroxylation sites is 1. The number of aliphatic carboxylic acids is 1. The van der Waals surface area contributed by atoms with Gasteiger partial charge in [0.05, 0.1) is 4.88 Å². The number of carbonyl (C=O) groups excluding carboxylic acids is 1. The predicted octanol–water partition coefficient (Wildman–Crippen LogP) is 3.71. The molecule has 1 aliphatic heterocycles. The number of aromatic nitrogens is 1. The van der Waals surface area contributed by atoms with Gasteiger partial charge in [-0.05, 0) is 36.7 Å². The van der Waals surface area contributed by atoms with Crippen molar-refractivity contribution in [1.29, 1.82) is 0 Å². The molecule has 2 aromatic rings. The fraction of sp³-hybridized carbons (Fsp3) is 0.353. The van der Waals surface area contributed by atoms with Gasteiger partial charge in [-0.2, -0.15) is 0 Å². The molecule has 0 radical (unpaired) electrons. The minimum Gasteiger partial charge on any atom is -0.494 e. The molecule has 1 aromatic heterocycles. The first-order chi connectivity index (χ1) is 12.0. The van der Waals surface area contributed by atoms with Crippen LogP contribution in [0.2, 0.25) is 0 Å². The summed E-state index contributed by atoms with van der Waals surface area (Å²) < 4.78 is 2.15. The van der Waals surface area contributed by atoms with E-state index in [1.165, 1.54) is 11.3 Å². The lowest BCUT2D eigenvalue weighted by Gasteiger charge is -2.08. The maximum absolute atomic E-state index is 12.4. The SMILES string of the molecule is O=C(O)CCCCCn1c(O)c(C2C(=O)Nc3ccccc32)sc1=S. The molecule has 1 aliphatic rings. The molecule has 0 aliphatic carbocycles. The topological polar surface area (TPSA) is 91.6 Å². The van der Waals surface area contributed by atoms with E-state index in [4.69, 9.17) is 17.3 Å². The summed E-state index contributed by atoms with van der Waals surface area (Å²) in [5, 5.41) is 22.1. The monoisotopic (exact) mass is 378 g/mol. The average molecular weight is 378 g/mol. The number of aromatic hydroxyl groups is 1. The van der Waals surface area contributed by atoms with E-state index in [1.807, 2.05) is 24.3 Å². The summed E-state index contributed by atoms with van der Waals surface area (Å²) in [5.74, 6) is -1.48. The van der Waals surface area contributed by atoms with Crippen LogP contribution in [0, 0.1) is 3.95 Å². The summed E-state index contributed by atoms with van der Waals surface area (Å²) in [5.41, 5.74) is 1.60. The highest BCUT2D eigenvalue weighted by Gasteiger charge is 2.35. The van der Waals surface area contributed by atoms with Crippen LogP contribution >= 0.6 is 23.6 Å². The van der Waals surface area contributed by atoms with Crippen molar-refractivity contribution in [2.24, 2.45) is 0 Å². The van der Waals surface area contributed by atoms with Crippen molar-refractivity contribution in [2.75, 3.05) is 5.32 Å². The summed E-state index contributed by atoms with van der Waals surface area (Å²) in [6.45, 7) is 0.511. The number of carbonyl (C=O) groups is 2. The zero-order chi connectivity index (χ0) is 18.0. The van der Waals surface area contributed by atoms with E-state index in [0.717, 1.165) is 24.1 Å². The Bertz CT molecular complexity index is 872. The molecule has 0 spiro atoms. The molecule has 2 heterocycles. The van der Waals surface area contributed by atoms with E-state index in [2.05, 4.69) is 5.32 Å². The number of fused-ring (bicyclic) bond motifs is 1. The van der Waals surface area contributed by atoms with E-state index in [9.17, 15) is 14.7 Å². The number of hydrogen-bond donors (Lipinski definition) is 3. The molecule has 6 nitrogen and oxygen atoms in total. The van der Waals surface area contributed by atoms with Gasteiger partial charge in [0.25, 0.3) is 0 Å². The number of unbranched alkanes of at least 4 members (excludes halogenated alkanes) is 2. The third-order valence-electron chi connectivity index (χ3n) is 4.22. The standard InChI is InChI=1S/C17H18N2O4S2/c20-12(21)8-2-1-5-9-19-16(23)14(25-17(19)24)13-10-6-3-4-7-11(10)18-15(13)22/h3-4,6-7,13,23H,1-2,5,8-9H2,(H,18,22)(H,20,21).